The first-order chi connectivity index (χ1) is 16.2. The lowest BCUT2D eigenvalue weighted by atomic mass is 10.1. The Kier molecular flexibility index (Phi) is 3.30. The van der Waals surface area contributed by atoms with Crippen LogP contribution in [0.4, 0.5) is 10.2 Å². The highest BCUT2D eigenvalue weighted by Gasteiger charge is 2.47. The number of rotatable bonds is 4. The number of halogens is 1. The zero-order valence-electron chi connectivity index (χ0n) is 20.4. The van der Waals surface area contributed by atoms with Crippen LogP contribution in [0.5, 0.6) is 0 Å². The third-order valence-corrected chi connectivity index (χ3v) is 4.40. The van der Waals surface area contributed by atoms with Gasteiger partial charge in [-0.1, -0.05) is 0 Å². The van der Waals surface area contributed by atoms with Crippen molar-refractivity contribution in [2.24, 2.45) is 0 Å². The van der Waals surface area contributed by atoms with E-state index < -0.39 is 50.2 Å². The van der Waals surface area contributed by atoms with E-state index in [0.717, 1.165) is 23.2 Å². The van der Waals surface area contributed by atoms with Gasteiger partial charge in [0.25, 0.3) is 5.91 Å². The number of carbonyl (C=O) groups is 1. The SMILES string of the molecule is [2H]C([2H])([2H])NC(=O)[C@H]1O[C@@H](n2cnc3c(NC([2H])([2H])[2H])nc(-c4cncc(F)c4)nc32)[C@H](O)[C@@H]1O. The van der Waals surface area contributed by atoms with Gasteiger partial charge in [0.05, 0.1) is 12.5 Å². The Bertz CT molecular complexity index is 1270. The largest absolute Gasteiger partial charge is 0.387 e. The van der Waals surface area contributed by atoms with Crippen LogP contribution < -0.4 is 10.6 Å². The van der Waals surface area contributed by atoms with Gasteiger partial charge in [-0.15, -0.1) is 0 Å². The molecular weight excluding hydrogens is 385 g/mol. The van der Waals surface area contributed by atoms with Crippen LogP contribution in [0.2, 0.25) is 0 Å². The van der Waals surface area contributed by atoms with Crippen molar-refractivity contribution in [1.82, 2.24) is 29.8 Å². The molecule has 3 aromatic rings. The lowest BCUT2D eigenvalue weighted by Crippen LogP contribution is -2.41. The number of aromatic nitrogens is 5. The number of likely N-dealkylation sites (N-methyl/N-ethyl adjacent to an activating group) is 1. The molecule has 1 saturated heterocycles. The van der Waals surface area contributed by atoms with Crippen LogP contribution >= 0.6 is 0 Å². The third-order valence-electron chi connectivity index (χ3n) is 4.40. The quantitative estimate of drug-likeness (QED) is 0.445. The predicted molar refractivity (Wildman–Crippen MR) is 98.0 cm³/mol. The first-order valence-corrected chi connectivity index (χ1v) is 8.21. The van der Waals surface area contributed by atoms with Gasteiger partial charge in [0, 0.05) is 33.9 Å². The fourth-order valence-electron chi connectivity index (χ4n) is 3.03. The second kappa shape index (κ2) is 7.31. The maximum absolute atomic E-state index is 13.7. The van der Waals surface area contributed by atoms with Gasteiger partial charge in [-0.25, -0.2) is 19.3 Å². The minimum absolute atomic E-state index is 0.0741. The number of carbonyl (C=O) groups excluding carboxylic acids is 1. The maximum atomic E-state index is 13.7. The molecule has 152 valence electrons. The Morgan fingerprint density at radius 2 is 2.17 bits per heavy atom. The van der Waals surface area contributed by atoms with E-state index >= 15 is 0 Å². The van der Waals surface area contributed by atoms with Crippen molar-refractivity contribution in [2.45, 2.75) is 24.5 Å². The Morgan fingerprint density at radius 1 is 1.31 bits per heavy atom. The molecule has 0 aromatic carbocycles. The van der Waals surface area contributed by atoms with Crippen LogP contribution in [0.25, 0.3) is 22.6 Å². The lowest BCUT2D eigenvalue weighted by molar-refractivity contribution is -0.137. The van der Waals surface area contributed by atoms with Gasteiger partial charge in [-0.3, -0.25) is 14.3 Å². The molecule has 4 rings (SSSR count). The summed E-state index contributed by atoms with van der Waals surface area (Å²) in [5.41, 5.74) is -0.0786. The molecule has 0 spiro atoms. The molecule has 1 amide bonds. The van der Waals surface area contributed by atoms with E-state index in [-0.39, 0.29) is 28.4 Å². The second-order valence-electron chi connectivity index (χ2n) is 6.15. The summed E-state index contributed by atoms with van der Waals surface area (Å²) in [5.74, 6) is -2.29. The number of ether oxygens (including phenoxy) is 1. The number of amides is 1. The van der Waals surface area contributed by atoms with Gasteiger partial charge in [0.1, 0.15) is 18.0 Å². The molecule has 0 unspecified atom stereocenters. The number of nitrogens with zero attached hydrogens (tertiary/aromatic N) is 5. The molecule has 1 aliphatic rings. The Morgan fingerprint density at radius 3 is 2.93 bits per heavy atom. The number of aliphatic hydroxyl groups is 2. The van der Waals surface area contributed by atoms with Gasteiger partial charge in [-0.2, -0.15) is 0 Å². The molecule has 11 nitrogen and oxygen atoms in total. The predicted octanol–water partition coefficient (Wildman–Crippen LogP) is -0.566. The molecule has 0 bridgehead atoms. The number of hydrogen-bond donors (Lipinski definition) is 4. The molecule has 3 aromatic heterocycles. The highest BCUT2D eigenvalue weighted by Crippen LogP contribution is 2.33. The number of hydrogen-bond acceptors (Lipinski definition) is 9. The van der Waals surface area contributed by atoms with Crippen molar-refractivity contribution in [3.05, 3.63) is 30.6 Å². The van der Waals surface area contributed by atoms with Crippen molar-refractivity contribution in [3.63, 3.8) is 0 Å². The normalized spacial score (nSPS) is 28.0. The fourth-order valence-corrected chi connectivity index (χ4v) is 3.03. The van der Waals surface area contributed by atoms with Crippen molar-refractivity contribution in [3.8, 4) is 11.4 Å². The zero-order valence-corrected chi connectivity index (χ0v) is 14.4. The summed E-state index contributed by atoms with van der Waals surface area (Å²) < 4.78 is 64.2. The molecule has 0 saturated carbocycles. The van der Waals surface area contributed by atoms with Gasteiger partial charge in [-0.05, 0) is 6.07 Å². The van der Waals surface area contributed by atoms with E-state index in [9.17, 15) is 19.4 Å². The van der Waals surface area contributed by atoms with Gasteiger partial charge >= 0.3 is 0 Å². The Balaban J connectivity index is 1.79. The van der Waals surface area contributed by atoms with Gasteiger partial charge in [0.2, 0.25) is 0 Å². The van der Waals surface area contributed by atoms with Crippen LogP contribution in [0.15, 0.2) is 24.8 Å². The topological polar surface area (TPSA) is 147 Å². The van der Waals surface area contributed by atoms with E-state index in [1.165, 1.54) is 6.20 Å². The Labute approximate surface area is 172 Å². The van der Waals surface area contributed by atoms with Crippen LogP contribution in [0.1, 0.15) is 14.5 Å². The van der Waals surface area contributed by atoms with Gasteiger partial charge in [0.15, 0.2) is 35.1 Å². The molecule has 0 aliphatic carbocycles. The van der Waals surface area contributed by atoms with E-state index in [1.54, 1.807) is 5.32 Å². The zero-order chi connectivity index (χ0) is 25.7. The number of nitrogens with one attached hydrogen (secondary N) is 2. The molecule has 4 N–H and O–H groups in total. The summed E-state index contributed by atoms with van der Waals surface area (Å²) in [6.07, 6.45) is -3.48. The van der Waals surface area contributed by atoms with Crippen molar-refractivity contribution in [2.75, 3.05) is 19.3 Å². The molecule has 1 aliphatic heterocycles. The minimum Gasteiger partial charge on any atom is -0.387 e. The van der Waals surface area contributed by atoms with E-state index in [4.69, 9.17) is 13.0 Å². The average molecular weight is 409 g/mol. The number of pyridine rings is 1. The number of fused-ring (bicyclic) bond motifs is 1. The van der Waals surface area contributed by atoms with E-state index in [2.05, 4.69) is 25.3 Å². The highest BCUT2D eigenvalue weighted by atomic mass is 19.1. The minimum atomic E-state index is -2.86. The third kappa shape index (κ3) is 3.16. The van der Waals surface area contributed by atoms with Crippen LogP contribution in [0, 0.1) is 5.82 Å². The molecular formula is C17H18FN7O4. The summed E-state index contributed by atoms with van der Waals surface area (Å²) in [4.78, 5) is 28.4. The molecule has 4 heterocycles. The molecule has 4 atom stereocenters. The standard InChI is InChI=1S/C17H18FN7O4/c1-19-14-9-15(24-13(23-14)7-3-8(18)5-21-4-7)25(6-22-9)17-11(27)10(26)12(29-17)16(28)20-2/h3-6,10-12,17,26-27H,1-2H3,(H,20,28)(H,19,23,24)/t10-,11+,12-,17+/m0/s1/i1D3,2D3. The van der Waals surface area contributed by atoms with Crippen molar-refractivity contribution in [1.29, 1.82) is 0 Å². The number of imidazole rings is 1. The fraction of sp³-hybridized carbons (Fsp3) is 0.353. The summed E-state index contributed by atoms with van der Waals surface area (Å²) in [7, 11) is 0. The summed E-state index contributed by atoms with van der Waals surface area (Å²) in [6, 6.07) is 1.06. The number of aliphatic hydroxyl groups excluding tert-OH is 2. The van der Waals surface area contributed by atoms with Crippen LogP contribution in [-0.4, -0.2) is 72.9 Å². The van der Waals surface area contributed by atoms with Crippen molar-refractivity contribution < 1.29 is 32.4 Å². The molecule has 1 fully saturated rings. The smallest absolute Gasteiger partial charge is 0.251 e. The van der Waals surface area contributed by atoms with E-state index in [0.29, 0.717) is 0 Å². The summed E-state index contributed by atoms with van der Waals surface area (Å²) in [5, 5.41) is 24.7. The molecule has 12 heteroatoms. The highest BCUT2D eigenvalue weighted by molar-refractivity contribution is 5.85. The summed E-state index contributed by atoms with van der Waals surface area (Å²) >= 11 is 0. The van der Waals surface area contributed by atoms with Crippen LogP contribution in [-0.2, 0) is 9.53 Å². The van der Waals surface area contributed by atoms with Gasteiger partial charge < -0.3 is 25.6 Å². The molecule has 0 radical (unpaired) electrons. The van der Waals surface area contributed by atoms with Crippen LogP contribution in [0.3, 0.4) is 0 Å². The summed E-state index contributed by atoms with van der Waals surface area (Å²) in [6.45, 7) is -5.55. The molecule has 29 heavy (non-hydrogen) atoms. The lowest BCUT2D eigenvalue weighted by Gasteiger charge is -2.17. The number of anilines is 1. The monoisotopic (exact) mass is 409 g/mol. The van der Waals surface area contributed by atoms with Crippen molar-refractivity contribution >= 4 is 22.9 Å². The Hall–Kier alpha value is -3.22. The second-order valence-corrected chi connectivity index (χ2v) is 6.15. The first kappa shape index (κ1) is 13.1. The first-order valence-electron chi connectivity index (χ1n) is 11.2. The average Bonchev–Trinajstić information content (AvgIpc) is 3.27. The van der Waals surface area contributed by atoms with E-state index in [1.807, 2.05) is 0 Å². The maximum Gasteiger partial charge on any atom is 0.251 e.